The number of carbonyl (C=O) groups is 2. The van der Waals surface area contributed by atoms with Gasteiger partial charge < -0.3 is 15.0 Å². The minimum atomic E-state index is -0.149. The van der Waals surface area contributed by atoms with E-state index in [4.69, 9.17) is 4.74 Å². The first-order valence-electron chi connectivity index (χ1n) is 10.0. The van der Waals surface area contributed by atoms with Gasteiger partial charge in [0, 0.05) is 24.2 Å². The van der Waals surface area contributed by atoms with E-state index in [2.05, 4.69) is 12.2 Å². The fraction of sp³-hybridized carbons (Fsp3) is 0.391. The Morgan fingerprint density at radius 3 is 2.68 bits per heavy atom. The van der Waals surface area contributed by atoms with Gasteiger partial charge in [-0.2, -0.15) is 0 Å². The summed E-state index contributed by atoms with van der Waals surface area (Å²) >= 11 is 0. The summed E-state index contributed by atoms with van der Waals surface area (Å²) in [6.07, 6.45) is 3.58. The molecule has 1 aliphatic heterocycles. The highest BCUT2D eigenvalue weighted by atomic mass is 16.5. The molecule has 0 aliphatic carbocycles. The quantitative estimate of drug-likeness (QED) is 0.687. The number of amides is 2. The van der Waals surface area contributed by atoms with Crippen molar-refractivity contribution in [3.8, 4) is 5.75 Å². The summed E-state index contributed by atoms with van der Waals surface area (Å²) in [5.41, 5.74) is 2.36. The predicted octanol–water partition coefficient (Wildman–Crippen LogP) is 4.48. The molecule has 1 atom stereocenters. The molecule has 1 N–H and O–H groups in total. The molecule has 5 nitrogen and oxygen atoms in total. The highest BCUT2D eigenvalue weighted by Crippen LogP contribution is 2.23. The summed E-state index contributed by atoms with van der Waals surface area (Å²) < 4.78 is 5.68. The van der Waals surface area contributed by atoms with Crippen molar-refractivity contribution in [1.82, 2.24) is 5.32 Å². The third-order valence-corrected chi connectivity index (χ3v) is 4.99. The Hall–Kier alpha value is -2.82. The third-order valence-electron chi connectivity index (χ3n) is 4.99. The Balaban J connectivity index is 1.61. The van der Waals surface area contributed by atoms with Gasteiger partial charge in [-0.05, 0) is 55.7 Å². The maximum Gasteiger partial charge on any atom is 0.251 e. The second kappa shape index (κ2) is 9.40. The summed E-state index contributed by atoms with van der Waals surface area (Å²) in [6.45, 7) is 5.53. The van der Waals surface area contributed by atoms with Gasteiger partial charge in [-0.3, -0.25) is 9.59 Å². The largest absolute Gasteiger partial charge is 0.494 e. The van der Waals surface area contributed by atoms with Crippen LogP contribution in [0.5, 0.6) is 5.75 Å². The summed E-state index contributed by atoms with van der Waals surface area (Å²) in [4.78, 5) is 26.4. The molecule has 1 aliphatic rings. The van der Waals surface area contributed by atoms with E-state index in [9.17, 15) is 9.59 Å². The van der Waals surface area contributed by atoms with E-state index in [0.29, 0.717) is 18.5 Å². The van der Waals surface area contributed by atoms with Crippen molar-refractivity contribution in [2.45, 2.75) is 45.6 Å². The summed E-state index contributed by atoms with van der Waals surface area (Å²) in [5.74, 6) is 0.815. The average Bonchev–Trinajstić information content (AvgIpc) is 3.14. The lowest BCUT2D eigenvalue weighted by atomic mass is 10.1. The molecule has 2 aromatic carbocycles. The second-order valence-corrected chi connectivity index (χ2v) is 7.17. The van der Waals surface area contributed by atoms with Gasteiger partial charge in [0.05, 0.1) is 12.6 Å². The summed E-state index contributed by atoms with van der Waals surface area (Å²) in [6, 6.07) is 15.0. The minimum Gasteiger partial charge on any atom is -0.494 e. The molecule has 1 fully saturated rings. The standard InChI is InChI=1S/C23H28N2O3/c1-3-4-15-28-21-12-10-18(11-13-21)17(2)24-23(27)19-7-5-8-20(16-19)25-14-6-9-22(25)26/h5,7-8,10-13,16-17H,3-4,6,9,14-15H2,1-2H3,(H,24,27)/t17-/m0/s1. The minimum absolute atomic E-state index is 0.118. The molecule has 1 saturated heterocycles. The Morgan fingerprint density at radius 1 is 1.21 bits per heavy atom. The van der Waals surface area contributed by atoms with Crippen molar-refractivity contribution in [3.05, 3.63) is 59.7 Å². The number of hydrogen-bond acceptors (Lipinski definition) is 3. The van der Waals surface area contributed by atoms with Crippen LogP contribution in [0, 0.1) is 0 Å². The number of carbonyl (C=O) groups excluding carboxylic acids is 2. The van der Waals surface area contributed by atoms with Gasteiger partial charge in [0.15, 0.2) is 0 Å². The lowest BCUT2D eigenvalue weighted by Crippen LogP contribution is -2.27. The Kier molecular flexibility index (Phi) is 6.69. The number of nitrogens with zero attached hydrogens (tertiary/aromatic N) is 1. The monoisotopic (exact) mass is 380 g/mol. The fourth-order valence-corrected chi connectivity index (χ4v) is 3.29. The highest BCUT2D eigenvalue weighted by molar-refractivity contribution is 5.99. The molecule has 3 rings (SSSR count). The van der Waals surface area contributed by atoms with Gasteiger partial charge in [-0.25, -0.2) is 0 Å². The van der Waals surface area contributed by atoms with Gasteiger partial charge in [-0.15, -0.1) is 0 Å². The first-order valence-corrected chi connectivity index (χ1v) is 10.0. The van der Waals surface area contributed by atoms with E-state index in [1.165, 1.54) is 0 Å². The lowest BCUT2D eigenvalue weighted by Gasteiger charge is -2.18. The number of unbranched alkanes of at least 4 members (excludes halogenated alkanes) is 1. The zero-order valence-electron chi connectivity index (χ0n) is 16.6. The molecule has 2 amide bonds. The first-order chi connectivity index (χ1) is 13.6. The van der Waals surface area contributed by atoms with Crippen LogP contribution in [0.4, 0.5) is 5.69 Å². The van der Waals surface area contributed by atoms with Gasteiger partial charge in [0.25, 0.3) is 5.91 Å². The van der Waals surface area contributed by atoms with Crippen LogP contribution in [0.3, 0.4) is 0 Å². The normalized spacial score (nSPS) is 14.8. The number of ether oxygens (including phenoxy) is 1. The molecule has 0 spiro atoms. The predicted molar refractivity (Wildman–Crippen MR) is 111 cm³/mol. The topological polar surface area (TPSA) is 58.6 Å². The van der Waals surface area contributed by atoms with Crippen LogP contribution in [0.15, 0.2) is 48.5 Å². The van der Waals surface area contributed by atoms with E-state index in [-0.39, 0.29) is 17.9 Å². The molecular formula is C23H28N2O3. The number of hydrogen-bond donors (Lipinski definition) is 1. The fourth-order valence-electron chi connectivity index (χ4n) is 3.29. The van der Waals surface area contributed by atoms with Crippen molar-refractivity contribution < 1.29 is 14.3 Å². The van der Waals surface area contributed by atoms with Gasteiger partial charge in [0.2, 0.25) is 5.91 Å². The van der Waals surface area contributed by atoms with Crippen LogP contribution in [0.1, 0.15) is 61.5 Å². The van der Waals surface area contributed by atoms with Gasteiger partial charge >= 0.3 is 0 Å². The number of anilines is 1. The maximum absolute atomic E-state index is 12.7. The van der Waals surface area contributed by atoms with Crippen LogP contribution in [0.25, 0.3) is 0 Å². The number of nitrogens with one attached hydrogen (secondary N) is 1. The van der Waals surface area contributed by atoms with Crippen LogP contribution in [-0.4, -0.2) is 25.0 Å². The second-order valence-electron chi connectivity index (χ2n) is 7.17. The maximum atomic E-state index is 12.7. The van der Waals surface area contributed by atoms with Gasteiger partial charge in [0.1, 0.15) is 5.75 Å². The molecule has 1 heterocycles. The van der Waals surface area contributed by atoms with E-state index in [1.807, 2.05) is 43.3 Å². The molecule has 0 radical (unpaired) electrons. The summed E-state index contributed by atoms with van der Waals surface area (Å²) in [7, 11) is 0. The zero-order valence-corrected chi connectivity index (χ0v) is 16.6. The van der Waals surface area contributed by atoms with Crippen LogP contribution in [-0.2, 0) is 4.79 Å². The summed E-state index contributed by atoms with van der Waals surface area (Å²) in [5, 5.41) is 3.03. The molecule has 28 heavy (non-hydrogen) atoms. The Labute approximate surface area is 166 Å². The Morgan fingerprint density at radius 2 is 2.00 bits per heavy atom. The highest BCUT2D eigenvalue weighted by Gasteiger charge is 2.22. The van der Waals surface area contributed by atoms with Crippen LogP contribution < -0.4 is 15.0 Å². The number of benzene rings is 2. The molecule has 0 unspecified atom stereocenters. The number of rotatable bonds is 8. The van der Waals surface area contributed by atoms with Gasteiger partial charge in [-0.1, -0.05) is 31.5 Å². The van der Waals surface area contributed by atoms with Crippen LogP contribution >= 0.6 is 0 Å². The SMILES string of the molecule is CCCCOc1ccc([C@H](C)NC(=O)c2cccc(N3CCCC3=O)c2)cc1. The zero-order chi connectivity index (χ0) is 19.9. The molecule has 148 valence electrons. The molecule has 0 bridgehead atoms. The van der Waals surface area contributed by atoms with Crippen LogP contribution in [0.2, 0.25) is 0 Å². The molecular weight excluding hydrogens is 352 g/mol. The molecule has 0 saturated carbocycles. The first kappa shape index (κ1) is 19.9. The third kappa shape index (κ3) is 4.91. The van der Waals surface area contributed by atoms with E-state index in [1.54, 1.807) is 17.0 Å². The average molecular weight is 380 g/mol. The molecule has 5 heteroatoms. The van der Waals surface area contributed by atoms with Crippen molar-refractivity contribution in [1.29, 1.82) is 0 Å². The lowest BCUT2D eigenvalue weighted by molar-refractivity contribution is -0.117. The van der Waals surface area contributed by atoms with Crippen molar-refractivity contribution in [3.63, 3.8) is 0 Å². The van der Waals surface area contributed by atoms with Crippen molar-refractivity contribution in [2.75, 3.05) is 18.1 Å². The smallest absolute Gasteiger partial charge is 0.251 e. The molecule has 2 aromatic rings. The van der Waals surface area contributed by atoms with Crippen molar-refractivity contribution >= 4 is 17.5 Å². The Bertz CT molecular complexity index is 817. The molecule has 0 aromatic heterocycles. The van der Waals surface area contributed by atoms with E-state index in [0.717, 1.165) is 42.9 Å². The van der Waals surface area contributed by atoms with Crippen molar-refractivity contribution in [2.24, 2.45) is 0 Å². The van der Waals surface area contributed by atoms with E-state index >= 15 is 0 Å². The van der Waals surface area contributed by atoms with E-state index < -0.39 is 0 Å².